The van der Waals surface area contributed by atoms with Gasteiger partial charge < -0.3 is 0 Å². The minimum Gasteiger partial charge on any atom is -0.0730 e. The maximum atomic E-state index is 3.36. The van der Waals surface area contributed by atoms with Crippen LogP contribution in [0.25, 0.3) is 0 Å². The summed E-state index contributed by atoms with van der Waals surface area (Å²) in [6.45, 7) is 4.61. The standard InChI is InChI=1S/C32H48/c1-3-5-7-8-12-28-15-17-29(18-16-28)13-9-10-14-30-21-25-32(26-22-30)31-23-19-27(20-24-31)11-6-4-2/h9,13,21-22,25-29,31H,3-8,11-12,15-20,23-24H2,1-2H3/b13-9+/t27-,28-,29-,31-. The second kappa shape index (κ2) is 14.6. The zero-order valence-electron chi connectivity index (χ0n) is 21.1. The summed E-state index contributed by atoms with van der Waals surface area (Å²) in [5.41, 5.74) is 2.69. The molecule has 0 nitrogen and oxygen atoms in total. The molecule has 0 amide bonds. The van der Waals surface area contributed by atoms with Crippen LogP contribution in [0.1, 0.15) is 134 Å². The molecular formula is C32H48. The molecule has 0 radical (unpaired) electrons. The molecule has 0 saturated heterocycles. The Kier molecular flexibility index (Phi) is 11.5. The first-order chi connectivity index (χ1) is 15.8. The van der Waals surface area contributed by atoms with Crippen molar-refractivity contribution in [2.24, 2.45) is 17.8 Å². The zero-order valence-corrected chi connectivity index (χ0v) is 21.1. The smallest absolute Gasteiger partial charge is 0.0249 e. The quantitative estimate of drug-likeness (QED) is 0.255. The molecule has 0 aliphatic heterocycles. The van der Waals surface area contributed by atoms with E-state index in [0.29, 0.717) is 0 Å². The van der Waals surface area contributed by atoms with Crippen LogP contribution >= 0.6 is 0 Å². The summed E-state index contributed by atoms with van der Waals surface area (Å²) in [5.74, 6) is 10.2. The molecule has 0 heteroatoms. The summed E-state index contributed by atoms with van der Waals surface area (Å²) >= 11 is 0. The van der Waals surface area contributed by atoms with Crippen LogP contribution < -0.4 is 0 Å². The molecule has 2 aliphatic carbocycles. The summed E-state index contributed by atoms with van der Waals surface area (Å²) in [5, 5.41) is 0. The maximum Gasteiger partial charge on any atom is 0.0249 e. The van der Waals surface area contributed by atoms with Crippen LogP contribution in [0.4, 0.5) is 0 Å². The van der Waals surface area contributed by atoms with E-state index >= 15 is 0 Å². The van der Waals surface area contributed by atoms with Crippen LogP contribution in [0.3, 0.4) is 0 Å². The van der Waals surface area contributed by atoms with Gasteiger partial charge >= 0.3 is 0 Å². The molecule has 2 saturated carbocycles. The largest absolute Gasteiger partial charge is 0.0730 e. The van der Waals surface area contributed by atoms with Gasteiger partial charge in [0.2, 0.25) is 0 Å². The average Bonchev–Trinajstić information content (AvgIpc) is 2.85. The van der Waals surface area contributed by atoms with E-state index in [1.54, 1.807) is 0 Å². The molecule has 1 aromatic carbocycles. The number of hydrogen-bond acceptors (Lipinski definition) is 0. The SMILES string of the molecule is CCCCCC[C@H]1CC[C@H](/C=C/C#Cc2ccc([C@H]3CC[C@H](CCCC)CC3)cc2)CC1. The molecule has 0 unspecified atom stereocenters. The topological polar surface area (TPSA) is 0 Å². The van der Waals surface area contributed by atoms with Crippen LogP contribution in [0.15, 0.2) is 36.4 Å². The highest BCUT2D eigenvalue weighted by Crippen LogP contribution is 2.37. The Morgan fingerprint density at radius 2 is 1.34 bits per heavy atom. The Morgan fingerprint density at radius 3 is 2.00 bits per heavy atom. The normalized spacial score (nSPS) is 26.1. The molecule has 0 aromatic heterocycles. The molecule has 1 aromatic rings. The first-order valence-corrected chi connectivity index (χ1v) is 14.1. The molecule has 0 bridgehead atoms. The number of benzene rings is 1. The lowest BCUT2D eigenvalue weighted by Gasteiger charge is -2.28. The van der Waals surface area contributed by atoms with Crippen molar-refractivity contribution in [3.8, 4) is 11.8 Å². The second-order valence-electron chi connectivity index (χ2n) is 10.7. The molecule has 3 rings (SSSR count). The Morgan fingerprint density at radius 1 is 0.719 bits per heavy atom. The highest BCUT2D eigenvalue weighted by molar-refractivity contribution is 5.39. The monoisotopic (exact) mass is 432 g/mol. The lowest BCUT2D eigenvalue weighted by atomic mass is 9.77. The minimum atomic E-state index is 0.756. The fourth-order valence-corrected chi connectivity index (χ4v) is 5.95. The average molecular weight is 433 g/mol. The van der Waals surface area contributed by atoms with Gasteiger partial charge in [-0.1, -0.05) is 95.3 Å². The first kappa shape index (κ1) is 25.1. The van der Waals surface area contributed by atoms with E-state index in [9.17, 15) is 0 Å². The van der Waals surface area contributed by atoms with Crippen LogP contribution in [-0.4, -0.2) is 0 Å². The first-order valence-electron chi connectivity index (χ1n) is 14.1. The van der Waals surface area contributed by atoms with E-state index in [4.69, 9.17) is 0 Å². The number of rotatable bonds is 10. The maximum absolute atomic E-state index is 3.36. The van der Waals surface area contributed by atoms with Gasteiger partial charge in [-0.05, 0) is 98.8 Å². The van der Waals surface area contributed by atoms with Crippen molar-refractivity contribution in [2.75, 3.05) is 0 Å². The Balaban J connectivity index is 1.36. The zero-order chi connectivity index (χ0) is 22.4. The van der Waals surface area contributed by atoms with Crippen molar-refractivity contribution in [3.05, 3.63) is 47.5 Å². The second-order valence-corrected chi connectivity index (χ2v) is 10.7. The predicted molar refractivity (Wildman–Crippen MR) is 141 cm³/mol. The highest BCUT2D eigenvalue weighted by Gasteiger charge is 2.22. The molecule has 0 spiro atoms. The molecule has 0 atom stereocenters. The van der Waals surface area contributed by atoms with Crippen molar-refractivity contribution in [3.63, 3.8) is 0 Å². The van der Waals surface area contributed by atoms with Gasteiger partial charge in [0.15, 0.2) is 0 Å². The number of unbranched alkanes of at least 4 members (excludes halogenated alkanes) is 4. The van der Waals surface area contributed by atoms with Crippen molar-refractivity contribution < 1.29 is 0 Å². The Labute approximate surface area is 199 Å². The van der Waals surface area contributed by atoms with Gasteiger partial charge in [-0.25, -0.2) is 0 Å². The van der Waals surface area contributed by atoms with E-state index in [2.05, 4.69) is 62.1 Å². The van der Waals surface area contributed by atoms with E-state index in [0.717, 1.165) is 29.2 Å². The van der Waals surface area contributed by atoms with E-state index < -0.39 is 0 Å². The summed E-state index contributed by atoms with van der Waals surface area (Å²) in [6.07, 6.45) is 27.0. The van der Waals surface area contributed by atoms with Gasteiger partial charge in [0.1, 0.15) is 0 Å². The highest BCUT2D eigenvalue weighted by atomic mass is 14.3. The van der Waals surface area contributed by atoms with Crippen LogP contribution in [-0.2, 0) is 0 Å². The van der Waals surface area contributed by atoms with Crippen molar-refractivity contribution in [1.29, 1.82) is 0 Å². The summed E-state index contributed by atoms with van der Waals surface area (Å²) in [4.78, 5) is 0. The van der Waals surface area contributed by atoms with Gasteiger partial charge in [-0.15, -0.1) is 0 Å². The lowest BCUT2D eigenvalue weighted by Crippen LogP contribution is -2.13. The molecule has 32 heavy (non-hydrogen) atoms. The van der Waals surface area contributed by atoms with Crippen LogP contribution in [0, 0.1) is 29.6 Å². The Bertz CT molecular complexity index is 697. The van der Waals surface area contributed by atoms with E-state index in [1.165, 1.54) is 108 Å². The van der Waals surface area contributed by atoms with Crippen molar-refractivity contribution in [2.45, 2.75) is 122 Å². The molecular weight excluding hydrogens is 384 g/mol. The van der Waals surface area contributed by atoms with Gasteiger partial charge in [0.25, 0.3) is 0 Å². The van der Waals surface area contributed by atoms with Gasteiger partial charge in [-0.3, -0.25) is 0 Å². The van der Waals surface area contributed by atoms with Crippen LogP contribution in [0.2, 0.25) is 0 Å². The minimum absolute atomic E-state index is 0.756. The van der Waals surface area contributed by atoms with Gasteiger partial charge in [-0.2, -0.15) is 0 Å². The van der Waals surface area contributed by atoms with Crippen molar-refractivity contribution >= 4 is 0 Å². The Hall–Kier alpha value is -1.48. The van der Waals surface area contributed by atoms with Crippen LogP contribution in [0.5, 0.6) is 0 Å². The third kappa shape index (κ3) is 8.81. The van der Waals surface area contributed by atoms with E-state index in [1.807, 2.05) is 0 Å². The third-order valence-electron chi connectivity index (χ3n) is 8.22. The number of allylic oxidation sites excluding steroid dienone is 2. The van der Waals surface area contributed by atoms with Crippen molar-refractivity contribution in [1.82, 2.24) is 0 Å². The summed E-state index contributed by atoms with van der Waals surface area (Å²) in [6, 6.07) is 9.16. The molecule has 176 valence electrons. The molecule has 2 aliphatic rings. The molecule has 0 heterocycles. The fraction of sp³-hybridized carbons (Fsp3) is 0.688. The van der Waals surface area contributed by atoms with Gasteiger partial charge in [0.05, 0.1) is 0 Å². The summed E-state index contributed by atoms with van der Waals surface area (Å²) in [7, 11) is 0. The molecule has 2 fully saturated rings. The number of hydrogen-bond donors (Lipinski definition) is 0. The lowest BCUT2D eigenvalue weighted by molar-refractivity contribution is 0.289. The predicted octanol–water partition coefficient (Wildman–Crippen LogP) is 9.84. The van der Waals surface area contributed by atoms with E-state index in [-0.39, 0.29) is 0 Å². The molecule has 0 N–H and O–H groups in total. The summed E-state index contributed by atoms with van der Waals surface area (Å²) < 4.78 is 0. The van der Waals surface area contributed by atoms with Gasteiger partial charge in [0, 0.05) is 5.56 Å². The fourth-order valence-electron chi connectivity index (χ4n) is 5.95. The third-order valence-corrected chi connectivity index (χ3v) is 8.22.